The minimum Gasteiger partial charge on any atom is -0.404 e. The predicted octanol–water partition coefficient (Wildman–Crippen LogP) is 0.928. The first-order valence-electron chi connectivity index (χ1n) is 4.76. The van der Waals surface area contributed by atoms with Crippen LogP contribution >= 0.6 is 7.82 Å². The predicted molar refractivity (Wildman–Crippen MR) is 64.0 cm³/mol. The number of aromatic amines is 1. The van der Waals surface area contributed by atoms with E-state index in [1.807, 2.05) is 0 Å². The summed E-state index contributed by atoms with van der Waals surface area (Å²) in [7, 11) is -4.42. The molecule has 0 saturated heterocycles. The van der Waals surface area contributed by atoms with Crippen molar-refractivity contribution < 1.29 is 18.9 Å². The van der Waals surface area contributed by atoms with Crippen LogP contribution in [0.1, 0.15) is 0 Å². The van der Waals surface area contributed by atoms with Crippen LogP contribution in [0.4, 0.5) is 0 Å². The Morgan fingerprint density at radius 3 is 2.06 bits per heavy atom. The van der Waals surface area contributed by atoms with Crippen LogP contribution in [0.25, 0.3) is 0 Å². The Balaban J connectivity index is 0.000000199. The fourth-order valence-electron chi connectivity index (χ4n) is 0.908. The van der Waals surface area contributed by atoms with Gasteiger partial charge in [-0.3, -0.25) is 19.6 Å². The third-order valence-electron chi connectivity index (χ3n) is 1.56. The molecule has 0 unspecified atom stereocenters. The minimum atomic E-state index is -4.42. The first-order valence-corrected chi connectivity index (χ1v) is 6.29. The van der Waals surface area contributed by atoms with Crippen molar-refractivity contribution in [3.8, 4) is 5.75 Å². The number of aromatic nitrogens is 2. The Labute approximate surface area is 102 Å². The molecule has 0 spiro atoms. The second-order valence-corrected chi connectivity index (χ2v) is 4.16. The average molecular weight is 270 g/mol. The molecule has 96 valence electrons. The van der Waals surface area contributed by atoms with Gasteiger partial charge in [0.15, 0.2) is 5.43 Å². The van der Waals surface area contributed by atoms with Crippen LogP contribution in [0.2, 0.25) is 0 Å². The van der Waals surface area contributed by atoms with Crippen molar-refractivity contribution >= 4 is 7.82 Å². The van der Waals surface area contributed by atoms with Gasteiger partial charge in [0.2, 0.25) is 0 Å². The molecule has 0 aromatic carbocycles. The van der Waals surface area contributed by atoms with Gasteiger partial charge in [-0.25, -0.2) is 4.57 Å². The smallest absolute Gasteiger partial charge is 0.404 e. The zero-order chi connectivity index (χ0) is 13.4. The number of rotatable bonds is 2. The highest BCUT2D eigenvalue weighted by molar-refractivity contribution is 7.46. The third-order valence-corrected chi connectivity index (χ3v) is 2.01. The fraction of sp³-hybridized carbons (Fsp3) is 0. The molecule has 0 aliphatic carbocycles. The number of phosphoric acid groups is 1. The van der Waals surface area contributed by atoms with Crippen molar-refractivity contribution in [1.82, 2.24) is 9.97 Å². The van der Waals surface area contributed by atoms with Gasteiger partial charge < -0.3 is 9.51 Å². The highest BCUT2D eigenvalue weighted by Gasteiger charge is 2.14. The highest BCUT2D eigenvalue weighted by atomic mass is 31.2. The van der Waals surface area contributed by atoms with Crippen LogP contribution in [-0.2, 0) is 4.57 Å². The molecule has 2 aromatic heterocycles. The number of nitrogens with zero attached hydrogens (tertiary/aromatic N) is 1. The summed E-state index contributed by atoms with van der Waals surface area (Å²) < 4.78 is 14.5. The molecule has 0 saturated carbocycles. The van der Waals surface area contributed by atoms with Crippen LogP contribution in [-0.4, -0.2) is 19.8 Å². The van der Waals surface area contributed by atoms with Crippen LogP contribution in [0.5, 0.6) is 5.75 Å². The topological polar surface area (TPSA) is 113 Å². The van der Waals surface area contributed by atoms with Gasteiger partial charge in [0.05, 0.1) is 0 Å². The second kappa shape index (κ2) is 6.70. The number of H-pyrrole nitrogens is 1. The summed E-state index contributed by atoms with van der Waals surface area (Å²) >= 11 is 0. The van der Waals surface area contributed by atoms with Gasteiger partial charge in [-0.15, -0.1) is 0 Å². The summed E-state index contributed by atoms with van der Waals surface area (Å²) in [6, 6.07) is 5.66. The second-order valence-electron chi connectivity index (χ2n) is 3.00. The first kappa shape index (κ1) is 14.1. The Morgan fingerprint density at radius 2 is 1.67 bits per heavy atom. The van der Waals surface area contributed by atoms with E-state index in [9.17, 15) is 9.36 Å². The molecule has 0 radical (unpaired) electrons. The summed E-state index contributed by atoms with van der Waals surface area (Å²) in [6.45, 7) is 0. The van der Waals surface area contributed by atoms with Gasteiger partial charge in [-0.05, 0) is 12.1 Å². The van der Waals surface area contributed by atoms with Crippen LogP contribution in [0.3, 0.4) is 0 Å². The summed E-state index contributed by atoms with van der Waals surface area (Å²) in [4.78, 5) is 33.3. The zero-order valence-corrected chi connectivity index (χ0v) is 10.0. The standard InChI is InChI=1S/C5H6NO4P.C5H5NO/c7-11(8,9)10-5-1-3-6-4-2-5;7-5-1-3-6-4-2-5/h1-4H,(H2,7,8,9);1-4H,(H,6,7). The van der Waals surface area contributed by atoms with E-state index < -0.39 is 7.82 Å². The molecule has 0 atom stereocenters. The molecular weight excluding hydrogens is 259 g/mol. The highest BCUT2D eigenvalue weighted by Crippen LogP contribution is 2.36. The quantitative estimate of drug-likeness (QED) is 0.700. The lowest BCUT2D eigenvalue weighted by molar-refractivity contribution is 0.283. The molecule has 2 rings (SSSR count). The van der Waals surface area contributed by atoms with Gasteiger partial charge >= 0.3 is 7.82 Å². The molecule has 8 heteroatoms. The molecule has 0 amide bonds. The van der Waals surface area contributed by atoms with Gasteiger partial charge in [0.25, 0.3) is 0 Å². The maximum absolute atomic E-state index is 10.3. The third kappa shape index (κ3) is 6.59. The summed E-state index contributed by atoms with van der Waals surface area (Å²) in [5.74, 6) is 0.105. The van der Waals surface area contributed by atoms with Gasteiger partial charge in [0, 0.05) is 36.9 Å². The van der Waals surface area contributed by atoms with Crippen molar-refractivity contribution in [2.75, 3.05) is 0 Å². The Kier molecular flexibility index (Phi) is 5.26. The number of hydrogen-bond donors (Lipinski definition) is 3. The van der Waals surface area contributed by atoms with E-state index in [-0.39, 0.29) is 11.2 Å². The van der Waals surface area contributed by atoms with Crippen LogP contribution in [0, 0.1) is 0 Å². The summed E-state index contributed by atoms with van der Waals surface area (Å²) in [5.41, 5.74) is 0.0405. The molecular formula is C10H11N2O5P. The first-order chi connectivity index (χ1) is 8.47. The van der Waals surface area contributed by atoms with E-state index in [1.54, 1.807) is 12.4 Å². The number of pyridine rings is 2. The van der Waals surface area contributed by atoms with E-state index in [4.69, 9.17) is 9.79 Å². The lowest BCUT2D eigenvalue weighted by atomic mass is 10.5. The largest absolute Gasteiger partial charge is 0.524 e. The normalized spacial score (nSPS) is 10.1. The van der Waals surface area contributed by atoms with Gasteiger partial charge in [-0.1, -0.05) is 0 Å². The van der Waals surface area contributed by atoms with Gasteiger partial charge in [0.1, 0.15) is 5.75 Å². The maximum Gasteiger partial charge on any atom is 0.524 e. The lowest BCUT2D eigenvalue weighted by Crippen LogP contribution is -1.92. The SMILES string of the molecule is O=P(O)(O)Oc1ccncc1.O=c1cc[nH]cc1. The van der Waals surface area contributed by atoms with Crippen LogP contribution < -0.4 is 9.95 Å². The van der Waals surface area contributed by atoms with Crippen LogP contribution in [0.15, 0.2) is 53.8 Å². The van der Waals surface area contributed by atoms with E-state index >= 15 is 0 Å². The summed E-state index contributed by atoms with van der Waals surface area (Å²) in [5, 5.41) is 0. The van der Waals surface area contributed by atoms with E-state index in [0.717, 1.165) is 0 Å². The molecule has 0 bridgehead atoms. The van der Waals surface area contributed by atoms with E-state index in [1.165, 1.54) is 36.7 Å². The Hall–Kier alpha value is -1.95. The van der Waals surface area contributed by atoms with Crippen molar-refractivity contribution in [3.63, 3.8) is 0 Å². The summed E-state index contributed by atoms with van der Waals surface area (Å²) in [6.07, 6.45) is 5.96. The number of nitrogens with one attached hydrogen (secondary N) is 1. The molecule has 7 nitrogen and oxygen atoms in total. The van der Waals surface area contributed by atoms with E-state index in [2.05, 4.69) is 14.5 Å². The molecule has 0 fully saturated rings. The number of hydrogen-bond acceptors (Lipinski definition) is 4. The average Bonchev–Trinajstić information content (AvgIpc) is 2.30. The molecule has 2 aromatic rings. The van der Waals surface area contributed by atoms with Crippen molar-refractivity contribution in [1.29, 1.82) is 0 Å². The molecule has 0 aliphatic rings. The van der Waals surface area contributed by atoms with Crippen molar-refractivity contribution in [2.45, 2.75) is 0 Å². The Bertz CT molecular complexity index is 548. The fourth-order valence-corrected chi connectivity index (χ4v) is 1.30. The minimum absolute atomic E-state index is 0.0405. The monoisotopic (exact) mass is 270 g/mol. The molecule has 0 aliphatic heterocycles. The van der Waals surface area contributed by atoms with E-state index in [0.29, 0.717) is 0 Å². The molecule has 3 N–H and O–H groups in total. The molecule has 2 heterocycles. The molecule has 18 heavy (non-hydrogen) atoms. The lowest BCUT2D eigenvalue weighted by Gasteiger charge is -2.04. The van der Waals surface area contributed by atoms with Crippen molar-refractivity contribution in [2.24, 2.45) is 0 Å². The number of phosphoric ester groups is 1. The Morgan fingerprint density at radius 1 is 1.11 bits per heavy atom. The van der Waals surface area contributed by atoms with Gasteiger partial charge in [-0.2, -0.15) is 0 Å². The zero-order valence-electron chi connectivity index (χ0n) is 9.13. The van der Waals surface area contributed by atoms with Crippen molar-refractivity contribution in [3.05, 3.63) is 59.3 Å². The maximum atomic E-state index is 10.3.